The molecular weight excluding hydrogens is 258 g/mol. The summed E-state index contributed by atoms with van der Waals surface area (Å²) in [6, 6.07) is -0.713. The Hall–Kier alpha value is -1.45. The first kappa shape index (κ1) is 13.0. The quantitative estimate of drug-likeness (QED) is 0.661. The van der Waals surface area contributed by atoms with Gasteiger partial charge in [0.25, 0.3) is 10.0 Å². The third kappa shape index (κ3) is 2.68. The van der Waals surface area contributed by atoms with Crippen molar-refractivity contribution in [2.75, 3.05) is 20.3 Å². The maximum Gasteiger partial charge on any atom is 0.256 e. The molecule has 2 heterocycles. The molecule has 0 saturated heterocycles. The number of sulfonamides is 1. The van der Waals surface area contributed by atoms with E-state index in [-0.39, 0.29) is 11.6 Å². The summed E-state index contributed by atoms with van der Waals surface area (Å²) >= 11 is 0. The number of nitrogens with one attached hydrogen (secondary N) is 1. The number of methoxy groups -OCH3 is 1. The van der Waals surface area contributed by atoms with Crippen LogP contribution < -0.4 is 4.72 Å². The zero-order valence-corrected chi connectivity index (χ0v) is 10.6. The lowest BCUT2D eigenvalue weighted by molar-refractivity contribution is 0.196. The molecule has 0 bridgehead atoms. The lowest BCUT2D eigenvalue weighted by atomic mass is 10.3. The fraction of sp³-hybridized carbons (Fsp3) is 0.556. The largest absolute Gasteiger partial charge is 0.385 e. The van der Waals surface area contributed by atoms with Crippen LogP contribution >= 0.6 is 0 Å². The summed E-state index contributed by atoms with van der Waals surface area (Å²) in [6.45, 7) is 0.778. The van der Waals surface area contributed by atoms with Crippen LogP contribution in [0.3, 0.4) is 0 Å². The normalized spacial score (nSPS) is 21.7. The molecule has 0 saturated carbocycles. The summed E-state index contributed by atoms with van der Waals surface area (Å²) < 4.78 is 31.3. The minimum absolute atomic E-state index is 0.0672. The second kappa shape index (κ2) is 5.46. The van der Waals surface area contributed by atoms with Crippen LogP contribution in [0.5, 0.6) is 0 Å². The van der Waals surface area contributed by atoms with Gasteiger partial charge in [-0.3, -0.25) is 4.99 Å². The van der Waals surface area contributed by atoms with Crippen molar-refractivity contribution in [2.24, 2.45) is 20.0 Å². The Morgan fingerprint density at radius 1 is 1.39 bits per heavy atom. The van der Waals surface area contributed by atoms with Gasteiger partial charge in [-0.05, 0) is 6.42 Å². The van der Waals surface area contributed by atoms with Gasteiger partial charge >= 0.3 is 0 Å². The Bertz CT molecular complexity index is 534. The highest BCUT2D eigenvalue weighted by Gasteiger charge is 2.34. The molecule has 9 heteroatoms. The second-order valence-electron chi connectivity index (χ2n) is 3.61. The van der Waals surface area contributed by atoms with Gasteiger partial charge < -0.3 is 4.74 Å². The monoisotopic (exact) mass is 271 g/mol. The SMILES string of the molecule is COCCCNS(=O)(=O)C1=NC=NC2=NC=NC21. The van der Waals surface area contributed by atoms with E-state index in [1.165, 1.54) is 12.7 Å². The molecule has 2 rings (SSSR count). The Kier molecular flexibility index (Phi) is 3.94. The van der Waals surface area contributed by atoms with Gasteiger partial charge in [-0.2, -0.15) is 0 Å². The summed E-state index contributed by atoms with van der Waals surface area (Å²) in [5, 5.41) is -0.0672. The van der Waals surface area contributed by atoms with Crippen LogP contribution in [0.15, 0.2) is 20.0 Å². The molecule has 2 aliphatic heterocycles. The van der Waals surface area contributed by atoms with Gasteiger partial charge in [0.05, 0.1) is 0 Å². The number of hydrogen-bond donors (Lipinski definition) is 1. The van der Waals surface area contributed by atoms with Crippen molar-refractivity contribution < 1.29 is 13.2 Å². The maximum absolute atomic E-state index is 12.0. The topological polar surface area (TPSA) is 105 Å². The minimum Gasteiger partial charge on any atom is -0.385 e. The Morgan fingerprint density at radius 3 is 3.00 bits per heavy atom. The van der Waals surface area contributed by atoms with Crippen molar-refractivity contribution in [1.29, 1.82) is 0 Å². The van der Waals surface area contributed by atoms with Crippen molar-refractivity contribution in [3.8, 4) is 0 Å². The zero-order chi connectivity index (χ0) is 13.0. The number of amidine groups is 1. The fourth-order valence-corrected chi connectivity index (χ4v) is 2.71. The van der Waals surface area contributed by atoms with Gasteiger partial charge in [0.1, 0.15) is 12.7 Å². The smallest absolute Gasteiger partial charge is 0.256 e. The number of fused-ring (bicyclic) bond motifs is 1. The predicted molar refractivity (Wildman–Crippen MR) is 69.1 cm³/mol. The number of ether oxygens (including phenoxy) is 1. The van der Waals surface area contributed by atoms with Crippen LogP contribution in [-0.4, -0.2) is 58.3 Å². The van der Waals surface area contributed by atoms with E-state index >= 15 is 0 Å². The van der Waals surface area contributed by atoms with Crippen LogP contribution in [-0.2, 0) is 14.8 Å². The maximum atomic E-state index is 12.0. The van der Waals surface area contributed by atoms with Crippen LogP contribution in [0, 0.1) is 0 Å². The van der Waals surface area contributed by atoms with Crippen molar-refractivity contribution in [1.82, 2.24) is 4.72 Å². The van der Waals surface area contributed by atoms with E-state index in [9.17, 15) is 8.42 Å². The molecule has 0 aromatic carbocycles. The summed E-state index contributed by atoms with van der Waals surface area (Å²) in [6.07, 6.45) is 3.05. The summed E-state index contributed by atoms with van der Waals surface area (Å²) in [5.74, 6) is 0.349. The molecule has 1 N–H and O–H groups in total. The minimum atomic E-state index is -3.66. The Labute approximate surface area is 105 Å². The summed E-state index contributed by atoms with van der Waals surface area (Å²) in [5.41, 5.74) is 0. The van der Waals surface area contributed by atoms with Crippen molar-refractivity contribution >= 4 is 33.6 Å². The zero-order valence-electron chi connectivity index (χ0n) is 9.78. The molecule has 2 aliphatic rings. The van der Waals surface area contributed by atoms with Gasteiger partial charge in [0.15, 0.2) is 16.9 Å². The molecule has 0 fully saturated rings. The molecule has 0 radical (unpaired) electrons. The van der Waals surface area contributed by atoms with E-state index in [0.717, 1.165) is 0 Å². The second-order valence-corrected chi connectivity index (χ2v) is 5.32. The van der Waals surface area contributed by atoms with E-state index in [1.807, 2.05) is 0 Å². The van der Waals surface area contributed by atoms with E-state index < -0.39 is 16.1 Å². The lowest BCUT2D eigenvalue weighted by Gasteiger charge is -2.14. The van der Waals surface area contributed by atoms with Crippen LogP contribution in [0.25, 0.3) is 0 Å². The third-order valence-electron chi connectivity index (χ3n) is 2.35. The summed E-state index contributed by atoms with van der Waals surface area (Å²) in [7, 11) is -2.10. The lowest BCUT2D eigenvalue weighted by Crippen LogP contribution is -2.41. The number of aliphatic imine (C=N–C) groups is 4. The first-order valence-corrected chi connectivity index (χ1v) is 6.81. The standard InChI is InChI=1S/C9H13N5O3S/c1-17-4-2-3-14-18(15,16)9-7-8(11-5-10-7)12-6-13-9/h5-7,14H,2-4H2,1H3. The van der Waals surface area contributed by atoms with Gasteiger partial charge in [-0.25, -0.2) is 28.1 Å². The molecule has 0 amide bonds. The molecule has 1 unspecified atom stereocenters. The predicted octanol–water partition coefficient (Wildman–Crippen LogP) is -0.808. The molecule has 8 nitrogen and oxygen atoms in total. The van der Waals surface area contributed by atoms with E-state index in [2.05, 4.69) is 24.7 Å². The first-order valence-electron chi connectivity index (χ1n) is 5.33. The number of hydrogen-bond acceptors (Lipinski definition) is 7. The van der Waals surface area contributed by atoms with Crippen LogP contribution in [0.1, 0.15) is 6.42 Å². The molecule has 0 aliphatic carbocycles. The molecule has 18 heavy (non-hydrogen) atoms. The number of rotatable bonds is 5. The molecule has 98 valence electrons. The van der Waals surface area contributed by atoms with E-state index in [0.29, 0.717) is 18.9 Å². The average molecular weight is 271 g/mol. The Morgan fingerprint density at radius 2 is 2.22 bits per heavy atom. The molecule has 0 aromatic rings. The first-order chi connectivity index (χ1) is 8.65. The van der Waals surface area contributed by atoms with Gasteiger partial charge in [-0.1, -0.05) is 0 Å². The molecule has 0 spiro atoms. The van der Waals surface area contributed by atoms with Gasteiger partial charge in [-0.15, -0.1) is 0 Å². The van der Waals surface area contributed by atoms with Crippen molar-refractivity contribution in [3.05, 3.63) is 0 Å². The highest BCUT2D eigenvalue weighted by atomic mass is 32.2. The van der Waals surface area contributed by atoms with Crippen LogP contribution in [0.4, 0.5) is 0 Å². The van der Waals surface area contributed by atoms with Gasteiger partial charge in [0.2, 0.25) is 0 Å². The van der Waals surface area contributed by atoms with E-state index in [4.69, 9.17) is 4.74 Å². The third-order valence-corrected chi connectivity index (χ3v) is 3.82. The highest BCUT2D eigenvalue weighted by molar-refractivity contribution is 8.05. The van der Waals surface area contributed by atoms with Crippen molar-refractivity contribution in [3.63, 3.8) is 0 Å². The van der Waals surface area contributed by atoms with Gasteiger partial charge in [0, 0.05) is 20.3 Å². The average Bonchev–Trinajstić information content (AvgIpc) is 2.82. The summed E-state index contributed by atoms with van der Waals surface area (Å²) in [4.78, 5) is 15.5. The van der Waals surface area contributed by atoms with Crippen LogP contribution in [0.2, 0.25) is 0 Å². The molecule has 1 atom stereocenters. The number of nitrogens with zero attached hydrogens (tertiary/aromatic N) is 4. The van der Waals surface area contributed by atoms with Crippen molar-refractivity contribution in [2.45, 2.75) is 12.5 Å². The fourth-order valence-electron chi connectivity index (χ4n) is 1.50. The molecule has 0 aromatic heterocycles. The molecular formula is C9H13N5O3S. The Balaban J connectivity index is 2.06. The van der Waals surface area contributed by atoms with E-state index in [1.54, 1.807) is 7.11 Å². The highest BCUT2D eigenvalue weighted by Crippen LogP contribution is 2.12.